The van der Waals surface area contributed by atoms with Crippen LogP contribution in [0.15, 0.2) is 53.1 Å². The summed E-state index contributed by atoms with van der Waals surface area (Å²) in [7, 11) is 0. The molecule has 0 aliphatic carbocycles. The lowest BCUT2D eigenvalue weighted by Crippen LogP contribution is -2.17. The molecule has 3 aromatic heterocycles. The van der Waals surface area contributed by atoms with Gasteiger partial charge in [0.25, 0.3) is 0 Å². The highest BCUT2D eigenvalue weighted by atomic mass is 32.2. The lowest BCUT2D eigenvalue weighted by atomic mass is 10.1. The predicted octanol–water partition coefficient (Wildman–Crippen LogP) is 4.95. The van der Waals surface area contributed by atoms with Gasteiger partial charge in [-0.15, -0.1) is 23.1 Å². The molecule has 0 radical (unpaired) electrons. The smallest absolute Gasteiger partial charge is 0.288 e. The molecule has 0 bridgehead atoms. The molecule has 0 aliphatic heterocycles. The molecule has 3 heterocycles. The van der Waals surface area contributed by atoms with Crippen molar-refractivity contribution in [3.63, 3.8) is 0 Å². The molecule has 3 aromatic rings. The Hall–Kier alpha value is -2.70. The molecule has 0 saturated heterocycles. The summed E-state index contributed by atoms with van der Waals surface area (Å²) in [6.07, 6.45) is -1.65. The van der Waals surface area contributed by atoms with Gasteiger partial charge in [-0.3, -0.25) is 9.78 Å². The maximum atomic E-state index is 13.5. The van der Waals surface area contributed by atoms with Crippen LogP contribution in [0.1, 0.15) is 32.1 Å². The first kappa shape index (κ1) is 19.1. The highest BCUT2D eigenvalue weighted by molar-refractivity contribution is 7.98. The molecule has 0 unspecified atom stereocenters. The first-order valence-electron chi connectivity index (χ1n) is 7.52. The molecule has 0 atom stereocenters. The fraction of sp³-hybridized carbons (Fsp3) is 0.111. The van der Waals surface area contributed by atoms with Crippen molar-refractivity contribution in [2.45, 2.75) is 17.0 Å². The molecule has 3 rings (SSSR count). The van der Waals surface area contributed by atoms with Crippen LogP contribution < -0.4 is 0 Å². The van der Waals surface area contributed by atoms with E-state index in [1.807, 2.05) is 6.07 Å². The van der Waals surface area contributed by atoms with Crippen LogP contribution in [0.4, 0.5) is 13.2 Å². The molecule has 0 N–H and O–H groups in total. The van der Waals surface area contributed by atoms with Crippen molar-refractivity contribution >= 4 is 28.9 Å². The summed E-state index contributed by atoms with van der Waals surface area (Å²) < 4.78 is 40.5. The number of rotatable bonds is 5. The third-order valence-electron chi connectivity index (χ3n) is 3.46. The van der Waals surface area contributed by atoms with Crippen LogP contribution in [0.2, 0.25) is 0 Å². The summed E-state index contributed by atoms with van der Waals surface area (Å²) in [5.74, 6) is -0.504. The van der Waals surface area contributed by atoms with E-state index in [4.69, 9.17) is 0 Å². The number of alkyl halides is 3. The van der Waals surface area contributed by atoms with Crippen molar-refractivity contribution in [1.82, 2.24) is 9.97 Å². The van der Waals surface area contributed by atoms with Crippen molar-refractivity contribution in [3.05, 3.63) is 75.4 Å². The van der Waals surface area contributed by atoms with Crippen LogP contribution in [0.5, 0.6) is 0 Å². The number of hydrogen-bond donors (Lipinski definition) is 0. The van der Waals surface area contributed by atoms with Crippen LogP contribution in [-0.4, -0.2) is 15.8 Å². The lowest BCUT2D eigenvalue weighted by molar-refractivity contribution is -0.141. The van der Waals surface area contributed by atoms with E-state index in [1.54, 1.807) is 36.0 Å². The van der Waals surface area contributed by atoms with E-state index in [1.165, 1.54) is 6.07 Å². The van der Waals surface area contributed by atoms with Crippen molar-refractivity contribution in [1.29, 1.82) is 5.26 Å². The lowest BCUT2D eigenvalue weighted by Gasteiger charge is -2.13. The Labute approximate surface area is 160 Å². The SMILES string of the molecule is N#Cc1cc(C(=O)c2cccs2)c(C(F)(F)F)nc1SCc1cccnc1. The van der Waals surface area contributed by atoms with Crippen LogP contribution in [0, 0.1) is 11.3 Å². The van der Waals surface area contributed by atoms with Crippen molar-refractivity contribution in [3.8, 4) is 6.07 Å². The van der Waals surface area contributed by atoms with Gasteiger partial charge in [0.05, 0.1) is 16.0 Å². The minimum absolute atomic E-state index is 0.0724. The topological polar surface area (TPSA) is 66.6 Å². The minimum Gasteiger partial charge on any atom is -0.288 e. The molecule has 0 spiro atoms. The number of pyridine rings is 2. The number of aromatic nitrogens is 2. The zero-order chi connectivity index (χ0) is 19.4. The predicted molar refractivity (Wildman–Crippen MR) is 95.5 cm³/mol. The Morgan fingerprint density at radius 1 is 1.30 bits per heavy atom. The number of thioether (sulfide) groups is 1. The van der Waals surface area contributed by atoms with Gasteiger partial charge in [-0.25, -0.2) is 4.98 Å². The average Bonchev–Trinajstić information content (AvgIpc) is 3.20. The van der Waals surface area contributed by atoms with Gasteiger partial charge in [-0.05, 0) is 29.1 Å². The van der Waals surface area contributed by atoms with Gasteiger partial charge >= 0.3 is 6.18 Å². The van der Waals surface area contributed by atoms with E-state index in [9.17, 15) is 23.2 Å². The Balaban J connectivity index is 2.03. The minimum atomic E-state index is -4.82. The third-order valence-corrected chi connectivity index (χ3v) is 5.40. The van der Waals surface area contributed by atoms with E-state index >= 15 is 0 Å². The number of carbonyl (C=O) groups is 1. The number of thiophene rings is 1. The molecule has 0 aliphatic rings. The zero-order valence-electron chi connectivity index (χ0n) is 13.5. The summed E-state index contributed by atoms with van der Waals surface area (Å²) in [4.78, 5) is 20.2. The average molecular weight is 405 g/mol. The number of halogens is 3. The van der Waals surface area contributed by atoms with Gasteiger partial charge in [0.2, 0.25) is 5.78 Å². The molecule has 0 saturated carbocycles. The van der Waals surface area contributed by atoms with Gasteiger partial charge in [0, 0.05) is 18.1 Å². The Kier molecular flexibility index (Phi) is 5.58. The van der Waals surface area contributed by atoms with Gasteiger partial charge < -0.3 is 0 Å². The molecule has 27 heavy (non-hydrogen) atoms. The highest BCUT2D eigenvalue weighted by Gasteiger charge is 2.38. The summed E-state index contributed by atoms with van der Waals surface area (Å²) in [6.45, 7) is 0. The molecule has 136 valence electrons. The van der Waals surface area contributed by atoms with Crippen molar-refractivity contribution in [2.24, 2.45) is 0 Å². The standard InChI is InChI=1S/C18H10F3N3OS2/c19-18(20,21)16-13(15(25)14-4-2-6-26-14)7-12(8-22)17(24-16)27-10-11-3-1-5-23-9-11/h1-7,9H,10H2. The number of carbonyl (C=O) groups excluding carboxylic acids is 1. The molecular weight excluding hydrogens is 395 g/mol. The van der Waals surface area contributed by atoms with Crippen LogP contribution in [0.3, 0.4) is 0 Å². The highest BCUT2D eigenvalue weighted by Crippen LogP contribution is 2.35. The van der Waals surface area contributed by atoms with Crippen molar-refractivity contribution in [2.75, 3.05) is 0 Å². The van der Waals surface area contributed by atoms with Crippen LogP contribution >= 0.6 is 23.1 Å². The first-order valence-corrected chi connectivity index (χ1v) is 9.39. The Morgan fingerprint density at radius 3 is 2.70 bits per heavy atom. The fourth-order valence-corrected chi connectivity index (χ4v) is 3.82. The normalized spacial score (nSPS) is 11.2. The van der Waals surface area contributed by atoms with Crippen LogP contribution in [-0.2, 0) is 11.9 Å². The molecule has 4 nitrogen and oxygen atoms in total. The van der Waals surface area contributed by atoms with Crippen LogP contribution in [0.25, 0.3) is 0 Å². The summed E-state index contributed by atoms with van der Waals surface area (Å²) in [5, 5.41) is 10.9. The zero-order valence-corrected chi connectivity index (χ0v) is 15.2. The molecule has 0 aromatic carbocycles. The number of hydrogen-bond acceptors (Lipinski definition) is 6. The van der Waals surface area contributed by atoms with Crippen molar-refractivity contribution < 1.29 is 18.0 Å². The quantitative estimate of drug-likeness (QED) is 0.444. The molecule has 0 fully saturated rings. The van der Waals surface area contributed by atoms with Gasteiger partial charge in [-0.2, -0.15) is 18.4 Å². The largest absolute Gasteiger partial charge is 0.434 e. The summed E-state index contributed by atoms with van der Waals surface area (Å²) >= 11 is 2.02. The van der Waals surface area contributed by atoms with Gasteiger partial charge in [-0.1, -0.05) is 12.1 Å². The second kappa shape index (κ2) is 7.90. The molecule has 9 heteroatoms. The van der Waals surface area contributed by atoms with E-state index in [2.05, 4.69) is 9.97 Å². The first-order chi connectivity index (χ1) is 12.9. The van der Waals surface area contributed by atoms with E-state index < -0.39 is 23.2 Å². The fourth-order valence-electron chi connectivity index (χ4n) is 2.25. The monoisotopic (exact) mass is 405 g/mol. The number of nitrogens with zero attached hydrogens (tertiary/aromatic N) is 3. The summed E-state index contributed by atoms with van der Waals surface area (Å²) in [6, 6.07) is 9.29. The number of ketones is 1. The second-order valence-electron chi connectivity index (χ2n) is 5.30. The van der Waals surface area contributed by atoms with E-state index in [0.29, 0.717) is 5.75 Å². The number of nitriles is 1. The second-order valence-corrected chi connectivity index (χ2v) is 7.21. The molecule has 0 amide bonds. The molecular formula is C18H10F3N3OS2. The Bertz CT molecular complexity index is 997. The van der Waals surface area contributed by atoms with Gasteiger partial charge in [0.15, 0.2) is 5.69 Å². The third kappa shape index (κ3) is 4.35. The maximum Gasteiger partial charge on any atom is 0.434 e. The van der Waals surface area contributed by atoms with E-state index in [0.717, 1.165) is 34.7 Å². The maximum absolute atomic E-state index is 13.5. The Morgan fingerprint density at radius 2 is 2.11 bits per heavy atom. The van der Waals surface area contributed by atoms with E-state index in [-0.39, 0.29) is 15.5 Å². The van der Waals surface area contributed by atoms with Gasteiger partial charge in [0.1, 0.15) is 11.1 Å². The summed E-state index contributed by atoms with van der Waals surface area (Å²) in [5.41, 5.74) is -1.20.